The molecule has 1 fully saturated rings. The molecule has 1 aliphatic heterocycles. The minimum Gasteiger partial charge on any atom is -0.496 e. The van der Waals surface area contributed by atoms with Gasteiger partial charge in [-0.2, -0.15) is 0 Å². The van der Waals surface area contributed by atoms with Gasteiger partial charge < -0.3 is 28.4 Å². The van der Waals surface area contributed by atoms with Crippen molar-refractivity contribution >= 4 is 5.97 Å². The summed E-state index contributed by atoms with van der Waals surface area (Å²) in [5, 5.41) is 0. The molecule has 1 atom stereocenters. The maximum atomic E-state index is 12.2. The lowest BCUT2D eigenvalue weighted by molar-refractivity contribution is -0.155. The molecule has 1 unspecified atom stereocenters. The van der Waals surface area contributed by atoms with E-state index < -0.39 is 18.4 Å². The van der Waals surface area contributed by atoms with Crippen molar-refractivity contribution in [3.05, 3.63) is 59.2 Å². The van der Waals surface area contributed by atoms with Crippen molar-refractivity contribution < 1.29 is 33.2 Å². The van der Waals surface area contributed by atoms with Crippen LogP contribution < -0.4 is 9.47 Å². The normalized spacial score (nSPS) is 15.2. The lowest BCUT2D eigenvalue weighted by Gasteiger charge is -2.20. The first-order valence-electron chi connectivity index (χ1n) is 8.90. The fourth-order valence-electron chi connectivity index (χ4n) is 3.04. The summed E-state index contributed by atoms with van der Waals surface area (Å²) in [6, 6.07) is 12.8. The highest BCUT2D eigenvalue weighted by atomic mass is 16.7. The van der Waals surface area contributed by atoms with E-state index in [0.717, 1.165) is 5.56 Å². The fraction of sp³-hybridized carbons (Fsp3) is 0.381. The third kappa shape index (κ3) is 4.44. The standard InChI is InChI=1S/C21H24O7/c1-23-17-11-15(21-26-9-10-27-21)12-18(24-2)16(17)13-28-19(20(22)25-3)14-7-5-4-6-8-14/h4-8,11-12,19,21H,9-10,13H2,1-3H3. The Morgan fingerprint density at radius 2 is 1.64 bits per heavy atom. The first kappa shape index (κ1) is 20.1. The summed E-state index contributed by atoms with van der Waals surface area (Å²) >= 11 is 0. The van der Waals surface area contributed by atoms with E-state index in [9.17, 15) is 4.79 Å². The molecule has 0 aliphatic carbocycles. The van der Waals surface area contributed by atoms with Crippen LogP contribution in [-0.4, -0.2) is 40.5 Å². The smallest absolute Gasteiger partial charge is 0.339 e. The lowest BCUT2D eigenvalue weighted by Crippen LogP contribution is -2.18. The Morgan fingerprint density at radius 1 is 1.04 bits per heavy atom. The van der Waals surface area contributed by atoms with E-state index in [-0.39, 0.29) is 6.61 Å². The van der Waals surface area contributed by atoms with E-state index >= 15 is 0 Å². The number of hydrogen-bond donors (Lipinski definition) is 0. The second kappa shape index (κ2) is 9.54. The molecular weight excluding hydrogens is 364 g/mol. The summed E-state index contributed by atoms with van der Waals surface area (Å²) in [6.45, 7) is 1.17. The first-order valence-corrected chi connectivity index (χ1v) is 8.90. The summed E-state index contributed by atoms with van der Waals surface area (Å²) in [6.07, 6.45) is -1.31. The molecule has 28 heavy (non-hydrogen) atoms. The van der Waals surface area contributed by atoms with Gasteiger partial charge in [-0.25, -0.2) is 4.79 Å². The van der Waals surface area contributed by atoms with Gasteiger partial charge in [0.25, 0.3) is 0 Å². The zero-order chi connectivity index (χ0) is 19.9. The second-order valence-corrected chi connectivity index (χ2v) is 6.10. The molecule has 3 rings (SSSR count). The van der Waals surface area contributed by atoms with Crippen LogP contribution in [0.2, 0.25) is 0 Å². The van der Waals surface area contributed by atoms with E-state index in [1.807, 2.05) is 42.5 Å². The van der Waals surface area contributed by atoms with Gasteiger partial charge in [0.2, 0.25) is 0 Å². The topological polar surface area (TPSA) is 72.5 Å². The van der Waals surface area contributed by atoms with Crippen LogP contribution in [0.4, 0.5) is 0 Å². The zero-order valence-corrected chi connectivity index (χ0v) is 16.2. The average Bonchev–Trinajstić information content (AvgIpc) is 3.29. The van der Waals surface area contributed by atoms with Crippen molar-refractivity contribution in [2.45, 2.75) is 19.0 Å². The summed E-state index contributed by atoms with van der Waals surface area (Å²) in [7, 11) is 4.46. The van der Waals surface area contributed by atoms with Crippen LogP contribution in [0.15, 0.2) is 42.5 Å². The van der Waals surface area contributed by atoms with Crippen molar-refractivity contribution in [2.75, 3.05) is 34.5 Å². The molecule has 0 N–H and O–H groups in total. The monoisotopic (exact) mass is 388 g/mol. The maximum Gasteiger partial charge on any atom is 0.339 e. The molecule has 7 heteroatoms. The van der Waals surface area contributed by atoms with Crippen LogP contribution in [0.25, 0.3) is 0 Å². The van der Waals surface area contributed by atoms with Crippen LogP contribution in [0.5, 0.6) is 11.5 Å². The third-order valence-corrected chi connectivity index (χ3v) is 4.44. The van der Waals surface area contributed by atoms with Crippen molar-refractivity contribution in [3.8, 4) is 11.5 Å². The van der Waals surface area contributed by atoms with Gasteiger partial charge in [0.05, 0.1) is 46.7 Å². The highest BCUT2D eigenvalue weighted by Gasteiger charge is 2.26. The Hall–Kier alpha value is -2.61. The predicted molar refractivity (Wildman–Crippen MR) is 100 cm³/mol. The van der Waals surface area contributed by atoms with Gasteiger partial charge in [-0.05, 0) is 17.7 Å². The van der Waals surface area contributed by atoms with Gasteiger partial charge in [-0.3, -0.25) is 0 Å². The molecule has 2 aromatic rings. The fourth-order valence-corrected chi connectivity index (χ4v) is 3.04. The Kier molecular flexibility index (Phi) is 6.86. The lowest BCUT2D eigenvalue weighted by atomic mass is 10.1. The number of carbonyl (C=O) groups is 1. The molecule has 0 aromatic heterocycles. The number of methoxy groups -OCH3 is 3. The van der Waals surface area contributed by atoms with Crippen LogP contribution in [0, 0.1) is 0 Å². The molecule has 1 saturated heterocycles. The Balaban J connectivity index is 1.86. The summed E-state index contributed by atoms with van der Waals surface area (Å²) in [5.74, 6) is 0.642. The number of rotatable bonds is 8. The van der Waals surface area contributed by atoms with Gasteiger partial charge >= 0.3 is 5.97 Å². The van der Waals surface area contributed by atoms with Crippen molar-refractivity contribution in [1.82, 2.24) is 0 Å². The van der Waals surface area contributed by atoms with Gasteiger partial charge in [0.1, 0.15) is 11.5 Å². The van der Waals surface area contributed by atoms with Crippen LogP contribution in [0.3, 0.4) is 0 Å². The summed E-state index contributed by atoms with van der Waals surface area (Å²) in [5.41, 5.74) is 2.18. The van der Waals surface area contributed by atoms with Gasteiger partial charge in [-0.15, -0.1) is 0 Å². The van der Waals surface area contributed by atoms with E-state index in [0.29, 0.717) is 35.8 Å². The average molecular weight is 388 g/mol. The molecule has 0 spiro atoms. The first-order chi connectivity index (χ1) is 13.7. The Bertz CT molecular complexity index is 760. The molecule has 7 nitrogen and oxygen atoms in total. The number of carbonyl (C=O) groups excluding carboxylic acids is 1. The molecule has 0 amide bonds. The number of ether oxygens (including phenoxy) is 6. The number of hydrogen-bond acceptors (Lipinski definition) is 7. The quantitative estimate of drug-likeness (QED) is 0.643. The van der Waals surface area contributed by atoms with Gasteiger partial charge in [0, 0.05) is 5.56 Å². The van der Waals surface area contributed by atoms with Gasteiger partial charge in [-0.1, -0.05) is 30.3 Å². The number of esters is 1. The summed E-state index contributed by atoms with van der Waals surface area (Å²) in [4.78, 5) is 12.2. The van der Waals surface area contributed by atoms with Crippen LogP contribution in [-0.2, 0) is 30.3 Å². The number of benzene rings is 2. The molecule has 0 saturated carbocycles. The predicted octanol–water partition coefficient (Wildman–Crippen LogP) is 3.18. The maximum absolute atomic E-state index is 12.2. The van der Waals surface area contributed by atoms with E-state index in [1.54, 1.807) is 14.2 Å². The molecule has 1 heterocycles. The van der Waals surface area contributed by atoms with Crippen molar-refractivity contribution in [1.29, 1.82) is 0 Å². The SMILES string of the molecule is COC(=O)C(OCc1c(OC)cc(C2OCCO2)cc1OC)c1ccccc1. The molecular formula is C21H24O7. The highest BCUT2D eigenvalue weighted by Crippen LogP contribution is 2.36. The highest BCUT2D eigenvalue weighted by molar-refractivity contribution is 5.76. The molecule has 0 radical (unpaired) electrons. The second-order valence-electron chi connectivity index (χ2n) is 6.10. The molecule has 2 aromatic carbocycles. The van der Waals surface area contributed by atoms with Crippen LogP contribution in [0.1, 0.15) is 29.1 Å². The van der Waals surface area contributed by atoms with E-state index in [2.05, 4.69) is 0 Å². The van der Waals surface area contributed by atoms with Crippen LogP contribution >= 0.6 is 0 Å². The minimum atomic E-state index is -0.859. The van der Waals surface area contributed by atoms with Gasteiger partial charge in [0.15, 0.2) is 12.4 Å². The van der Waals surface area contributed by atoms with Crippen molar-refractivity contribution in [2.24, 2.45) is 0 Å². The third-order valence-electron chi connectivity index (χ3n) is 4.44. The molecule has 1 aliphatic rings. The van der Waals surface area contributed by atoms with E-state index in [4.69, 9.17) is 28.4 Å². The summed E-state index contributed by atoms with van der Waals surface area (Å²) < 4.78 is 33.0. The van der Waals surface area contributed by atoms with E-state index in [1.165, 1.54) is 7.11 Å². The minimum absolute atomic E-state index is 0.0909. The molecule has 150 valence electrons. The largest absolute Gasteiger partial charge is 0.496 e. The molecule has 0 bridgehead atoms. The zero-order valence-electron chi connectivity index (χ0n) is 16.2. The van der Waals surface area contributed by atoms with Crippen molar-refractivity contribution in [3.63, 3.8) is 0 Å². The Morgan fingerprint density at radius 3 is 2.18 bits per heavy atom. The Labute approximate surface area is 164 Å².